The molecule has 0 bridgehead atoms. The molecule has 0 aliphatic carbocycles. The van der Waals surface area contributed by atoms with Crippen molar-refractivity contribution < 1.29 is 14.6 Å². The van der Waals surface area contributed by atoms with E-state index in [0.29, 0.717) is 26.2 Å². The first kappa shape index (κ1) is 11.9. The molecule has 1 aromatic rings. The lowest BCUT2D eigenvalue weighted by atomic mass is 10.2. The lowest BCUT2D eigenvalue weighted by molar-refractivity contribution is -0.139. The van der Waals surface area contributed by atoms with Gasteiger partial charge in [0, 0.05) is 25.2 Å². The smallest absolute Gasteiger partial charge is 0.321 e. The number of rotatable bonds is 3. The topological polar surface area (TPSA) is 75.8 Å². The zero-order valence-electron chi connectivity index (χ0n) is 9.50. The number of benzene rings is 1. The van der Waals surface area contributed by atoms with Gasteiger partial charge in [-0.3, -0.25) is 9.69 Å². The van der Waals surface area contributed by atoms with Gasteiger partial charge < -0.3 is 15.6 Å². The molecule has 1 aliphatic rings. The molecule has 1 aliphatic heterocycles. The van der Waals surface area contributed by atoms with Gasteiger partial charge in [0.05, 0.1) is 0 Å². The predicted octanol–water partition coefficient (Wildman–Crippen LogP) is 0.293. The molecule has 0 fully saturated rings. The molecule has 0 saturated heterocycles. The molecule has 1 aromatic carbocycles. The monoisotopic (exact) mass is 236 g/mol. The Kier molecular flexibility index (Phi) is 3.61. The molecule has 0 radical (unpaired) electrons. The fourth-order valence-corrected chi connectivity index (χ4v) is 1.89. The number of nitrogens with two attached hydrogens (primary N) is 1. The van der Waals surface area contributed by atoms with E-state index >= 15 is 0 Å². The summed E-state index contributed by atoms with van der Waals surface area (Å²) in [6, 6.07) is 6.94. The second-order valence-corrected chi connectivity index (χ2v) is 4.14. The Bertz CT molecular complexity index is 408. The Balaban J connectivity index is 2.05. The van der Waals surface area contributed by atoms with Crippen LogP contribution in [0.4, 0.5) is 0 Å². The van der Waals surface area contributed by atoms with Crippen molar-refractivity contribution in [1.29, 1.82) is 0 Å². The van der Waals surface area contributed by atoms with Crippen LogP contribution in [-0.2, 0) is 11.3 Å². The Morgan fingerprint density at radius 1 is 1.53 bits per heavy atom. The summed E-state index contributed by atoms with van der Waals surface area (Å²) in [6.07, 6.45) is 0. The molecule has 2 rings (SSSR count). The molecule has 92 valence electrons. The largest absolute Gasteiger partial charge is 0.492 e. The van der Waals surface area contributed by atoms with Crippen molar-refractivity contribution in [3.05, 3.63) is 29.8 Å². The first-order chi connectivity index (χ1) is 8.16. The van der Waals surface area contributed by atoms with Crippen molar-refractivity contribution in [1.82, 2.24) is 4.90 Å². The van der Waals surface area contributed by atoms with Crippen LogP contribution < -0.4 is 10.5 Å². The number of para-hydroxylation sites is 1. The molecule has 5 nitrogen and oxygen atoms in total. The summed E-state index contributed by atoms with van der Waals surface area (Å²) in [5, 5.41) is 8.80. The molecule has 5 heteroatoms. The predicted molar refractivity (Wildman–Crippen MR) is 62.8 cm³/mol. The van der Waals surface area contributed by atoms with Gasteiger partial charge in [-0.05, 0) is 6.07 Å². The van der Waals surface area contributed by atoms with Gasteiger partial charge in [-0.1, -0.05) is 18.2 Å². The van der Waals surface area contributed by atoms with Crippen LogP contribution in [0.25, 0.3) is 0 Å². The van der Waals surface area contributed by atoms with E-state index < -0.39 is 12.0 Å². The molecule has 17 heavy (non-hydrogen) atoms. The molecule has 1 unspecified atom stereocenters. The maximum absolute atomic E-state index is 10.7. The third-order valence-electron chi connectivity index (χ3n) is 2.80. The fourth-order valence-electron chi connectivity index (χ4n) is 1.89. The van der Waals surface area contributed by atoms with Gasteiger partial charge in [-0.25, -0.2) is 0 Å². The minimum atomic E-state index is -0.969. The zero-order valence-corrected chi connectivity index (χ0v) is 9.50. The summed E-state index contributed by atoms with van der Waals surface area (Å²) in [7, 11) is 0. The van der Waals surface area contributed by atoms with Crippen LogP contribution in [0.3, 0.4) is 0 Å². The maximum Gasteiger partial charge on any atom is 0.321 e. The van der Waals surface area contributed by atoms with Crippen molar-refractivity contribution in [3.8, 4) is 5.75 Å². The van der Waals surface area contributed by atoms with E-state index in [4.69, 9.17) is 15.6 Å². The van der Waals surface area contributed by atoms with Crippen molar-refractivity contribution in [3.63, 3.8) is 0 Å². The van der Waals surface area contributed by atoms with Gasteiger partial charge in [0.1, 0.15) is 18.4 Å². The van der Waals surface area contributed by atoms with E-state index in [2.05, 4.69) is 0 Å². The van der Waals surface area contributed by atoms with E-state index in [-0.39, 0.29) is 0 Å². The van der Waals surface area contributed by atoms with Crippen molar-refractivity contribution in [2.24, 2.45) is 5.73 Å². The molecular formula is C12H16N2O3. The van der Waals surface area contributed by atoms with Gasteiger partial charge in [0.2, 0.25) is 0 Å². The maximum atomic E-state index is 10.7. The SMILES string of the molecule is NC(CN1CCOc2ccccc2C1)C(=O)O. The van der Waals surface area contributed by atoms with Gasteiger partial charge in [-0.15, -0.1) is 0 Å². The van der Waals surface area contributed by atoms with Crippen LogP contribution in [0, 0.1) is 0 Å². The van der Waals surface area contributed by atoms with E-state index in [1.807, 2.05) is 29.2 Å². The summed E-state index contributed by atoms with van der Waals surface area (Å²) in [5.74, 6) is -0.0950. The Hall–Kier alpha value is -1.59. The van der Waals surface area contributed by atoms with Crippen molar-refractivity contribution >= 4 is 5.97 Å². The van der Waals surface area contributed by atoms with E-state index in [1.54, 1.807) is 0 Å². The van der Waals surface area contributed by atoms with Gasteiger partial charge in [-0.2, -0.15) is 0 Å². The molecule has 3 N–H and O–H groups in total. The Labute approximate surface area is 99.8 Å². The normalized spacial score (nSPS) is 17.7. The van der Waals surface area contributed by atoms with Gasteiger partial charge >= 0.3 is 5.97 Å². The molecular weight excluding hydrogens is 220 g/mol. The van der Waals surface area contributed by atoms with Crippen molar-refractivity contribution in [2.45, 2.75) is 12.6 Å². The number of hydrogen-bond donors (Lipinski definition) is 2. The summed E-state index contributed by atoms with van der Waals surface area (Å²) >= 11 is 0. The second kappa shape index (κ2) is 5.16. The first-order valence-electron chi connectivity index (χ1n) is 5.58. The molecule has 0 spiro atoms. The fraction of sp³-hybridized carbons (Fsp3) is 0.417. The number of fused-ring (bicyclic) bond motifs is 1. The molecule has 0 amide bonds. The lowest BCUT2D eigenvalue weighted by Crippen LogP contribution is -2.43. The standard InChI is InChI=1S/C12H16N2O3/c13-10(12(15)16)8-14-5-6-17-11-4-2-1-3-9(11)7-14/h1-4,10H,5-8,13H2,(H,15,16). The quantitative estimate of drug-likeness (QED) is 0.789. The number of carboxylic acids is 1. The number of hydrogen-bond acceptors (Lipinski definition) is 4. The van der Waals surface area contributed by atoms with Crippen LogP contribution in [0.1, 0.15) is 5.56 Å². The second-order valence-electron chi connectivity index (χ2n) is 4.14. The molecule has 1 atom stereocenters. The third-order valence-corrected chi connectivity index (χ3v) is 2.80. The van der Waals surface area contributed by atoms with Crippen LogP contribution >= 0.6 is 0 Å². The summed E-state index contributed by atoms with van der Waals surface area (Å²) in [4.78, 5) is 12.7. The number of carbonyl (C=O) groups is 1. The van der Waals surface area contributed by atoms with Crippen molar-refractivity contribution in [2.75, 3.05) is 19.7 Å². The van der Waals surface area contributed by atoms with Crippen LogP contribution in [0.5, 0.6) is 5.75 Å². The number of aliphatic carboxylic acids is 1. The number of nitrogens with zero attached hydrogens (tertiary/aromatic N) is 1. The van der Waals surface area contributed by atoms with E-state index in [1.165, 1.54) is 0 Å². The Morgan fingerprint density at radius 3 is 3.06 bits per heavy atom. The van der Waals surface area contributed by atoms with E-state index in [9.17, 15) is 4.79 Å². The summed E-state index contributed by atoms with van der Waals surface area (Å²) in [5.41, 5.74) is 6.61. The molecule has 0 saturated carbocycles. The molecule has 0 aromatic heterocycles. The highest BCUT2D eigenvalue weighted by Gasteiger charge is 2.20. The minimum absolute atomic E-state index is 0.340. The van der Waals surface area contributed by atoms with Gasteiger partial charge in [0.15, 0.2) is 0 Å². The Morgan fingerprint density at radius 2 is 2.29 bits per heavy atom. The number of carboxylic acid groups (broad SMARTS) is 1. The highest BCUT2D eigenvalue weighted by molar-refractivity contribution is 5.73. The van der Waals surface area contributed by atoms with Crippen LogP contribution in [0.2, 0.25) is 0 Å². The summed E-state index contributed by atoms with van der Waals surface area (Å²) < 4.78 is 5.59. The number of ether oxygens (including phenoxy) is 1. The summed E-state index contributed by atoms with van der Waals surface area (Å²) in [6.45, 7) is 2.27. The minimum Gasteiger partial charge on any atom is -0.492 e. The van der Waals surface area contributed by atoms with Crippen LogP contribution in [0.15, 0.2) is 24.3 Å². The average Bonchev–Trinajstić information content (AvgIpc) is 2.50. The van der Waals surface area contributed by atoms with Gasteiger partial charge in [0.25, 0.3) is 0 Å². The van der Waals surface area contributed by atoms with E-state index in [0.717, 1.165) is 11.3 Å². The highest BCUT2D eigenvalue weighted by atomic mass is 16.5. The highest BCUT2D eigenvalue weighted by Crippen LogP contribution is 2.22. The first-order valence-corrected chi connectivity index (χ1v) is 5.58. The molecule has 1 heterocycles. The average molecular weight is 236 g/mol. The van der Waals surface area contributed by atoms with Crippen LogP contribution in [-0.4, -0.2) is 41.7 Å². The lowest BCUT2D eigenvalue weighted by Gasteiger charge is -2.21. The zero-order chi connectivity index (χ0) is 12.3. The third kappa shape index (κ3) is 2.95.